The van der Waals surface area contributed by atoms with Gasteiger partial charge in [-0.25, -0.2) is 4.99 Å². The summed E-state index contributed by atoms with van der Waals surface area (Å²) in [5.74, 6) is 0.626. The van der Waals surface area contributed by atoms with E-state index in [-0.39, 0.29) is 11.3 Å². The molecule has 0 radical (unpaired) electrons. The van der Waals surface area contributed by atoms with E-state index in [1.54, 1.807) is 19.2 Å². The van der Waals surface area contributed by atoms with Crippen molar-refractivity contribution in [2.45, 2.75) is 26.3 Å². The Morgan fingerprint density at radius 1 is 0.913 bits per heavy atom. The van der Waals surface area contributed by atoms with Crippen LogP contribution in [0.4, 0.5) is 0 Å². The van der Waals surface area contributed by atoms with E-state index in [0.29, 0.717) is 5.75 Å². The van der Waals surface area contributed by atoms with Gasteiger partial charge < -0.3 is 9.84 Å². The zero-order valence-corrected chi connectivity index (χ0v) is 14.1. The number of hydrogen-bond donors (Lipinski definition) is 2. The maximum Gasteiger partial charge on any atom is 0.169 e. The summed E-state index contributed by atoms with van der Waals surface area (Å²) in [6.07, 6.45) is 6.05. The highest BCUT2D eigenvalue weighted by atomic mass is 16.5. The van der Waals surface area contributed by atoms with E-state index in [1.165, 1.54) is 0 Å². The lowest BCUT2D eigenvalue weighted by Crippen LogP contribution is -2.81. The van der Waals surface area contributed by atoms with Gasteiger partial charge in [-0.1, -0.05) is 30.4 Å². The molecule has 0 unspecified atom stereocenters. The van der Waals surface area contributed by atoms with E-state index in [1.807, 2.05) is 24.4 Å². The number of benzene rings is 2. The summed E-state index contributed by atoms with van der Waals surface area (Å²) >= 11 is 0. The summed E-state index contributed by atoms with van der Waals surface area (Å²) in [6, 6.07) is 13.6. The van der Waals surface area contributed by atoms with Crippen molar-refractivity contribution in [3.8, 4) is 11.5 Å². The van der Waals surface area contributed by atoms with Crippen LogP contribution in [-0.2, 0) is 0 Å². The van der Waals surface area contributed by atoms with Crippen molar-refractivity contribution in [3.05, 3.63) is 59.2 Å². The van der Waals surface area contributed by atoms with Gasteiger partial charge in [-0.2, -0.15) is 0 Å². The highest BCUT2D eigenvalue weighted by Crippen LogP contribution is 2.27. The number of nitrogens with one attached hydrogen (secondary N) is 1. The Kier molecular flexibility index (Phi) is 5.22. The van der Waals surface area contributed by atoms with Crippen molar-refractivity contribution in [3.63, 3.8) is 0 Å². The minimum Gasteiger partial charge on any atom is -0.504 e. The average molecular weight is 310 g/mol. The predicted molar refractivity (Wildman–Crippen MR) is 95.9 cm³/mol. The molecule has 120 valence electrons. The number of hydrogen-bond acceptors (Lipinski definition) is 2. The molecule has 0 aliphatic heterocycles. The highest BCUT2D eigenvalue weighted by Gasteiger charge is 2.11. The molecule has 0 aliphatic rings. The zero-order chi connectivity index (χ0) is 16.9. The molecule has 0 amide bonds. The second kappa shape index (κ2) is 7.14. The van der Waals surface area contributed by atoms with Crippen LogP contribution in [0.15, 0.2) is 42.5 Å². The molecule has 0 bridgehead atoms. The quantitative estimate of drug-likeness (QED) is 0.673. The molecule has 2 N–H and O–H groups in total. The van der Waals surface area contributed by atoms with E-state index in [0.717, 1.165) is 16.7 Å². The van der Waals surface area contributed by atoms with Crippen LogP contribution in [0.1, 0.15) is 37.5 Å². The summed E-state index contributed by atoms with van der Waals surface area (Å²) < 4.78 is 5.11. The Hall–Kier alpha value is -2.55. The first kappa shape index (κ1) is 16.8. The van der Waals surface area contributed by atoms with Crippen LogP contribution in [0.5, 0.6) is 11.5 Å². The summed E-state index contributed by atoms with van der Waals surface area (Å²) in [4.78, 5) is 3.35. The fourth-order valence-corrected chi connectivity index (χ4v) is 1.99. The van der Waals surface area contributed by atoms with Crippen molar-refractivity contribution < 1.29 is 14.8 Å². The summed E-state index contributed by atoms with van der Waals surface area (Å²) in [6.45, 7) is 6.39. The molecule has 0 saturated heterocycles. The van der Waals surface area contributed by atoms with Crippen LogP contribution in [0.2, 0.25) is 0 Å². The Labute approximate surface area is 138 Å². The van der Waals surface area contributed by atoms with Gasteiger partial charge in [0.2, 0.25) is 0 Å². The molecule has 2 rings (SSSR count). The third kappa shape index (κ3) is 5.29. The molecule has 0 saturated carbocycles. The third-order valence-electron chi connectivity index (χ3n) is 3.28. The average Bonchev–Trinajstić information content (AvgIpc) is 2.52. The normalized spacial score (nSPS) is 12.2. The summed E-state index contributed by atoms with van der Waals surface area (Å²) in [7, 11) is 1.55. The van der Waals surface area contributed by atoms with Gasteiger partial charge in [-0.15, -0.1) is 0 Å². The van der Waals surface area contributed by atoms with Crippen LogP contribution in [0.3, 0.4) is 0 Å². The van der Waals surface area contributed by atoms with Crippen molar-refractivity contribution in [2.24, 2.45) is 0 Å². The number of aromatic hydroxyl groups is 1. The first-order valence-corrected chi connectivity index (χ1v) is 7.63. The number of phenolic OH excluding ortho intramolecular Hbond substituents is 1. The number of methoxy groups -OCH3 is 1. The molecule has 0 spiro atoms. The molecule has 2 aromatic rings. The van der Waals surface area contributed by atoms with Crippen molar-refractivity contribution >= 4 is 18.4 Å². The Balaban J connectivity index is 2.10. The van der Waals surface area contributed by atoms with E-state index < -0.39 is 0 Å². The molecule has 3 nitrogen and oxygen atoms in total. The van der Waals surface area contributed by atoms with Gasteiger partial charge >= 0.3 is 0 Å². The van der Waals surface area contributed by atoms with E-state index in [9.17, 15) is 5.11 Å². The molecule has 0 fully saturated rings. The number of ether oxygens (including phenoxy) is 1. The van der Waals surface area contributed by atoms with E-state index in [4.69, 9.17) is 4.74 Å². The fraction of sp³-hybridized carbons (Fsp3) is 0.250. The van der Waals surface area contributed by atoms with Crippen LogP contribution in [-0.4, -0.2) is 24.0 Å². The van der Waals surface area contributed by atoms with Gasteiger partial charge in [0, 0.05) is 5.56 Å². The van der Waals surface area contributed by atoms with Gasteiger partial charge in [0.15, 0.2) is 23.3 Å². The SMILES string of the molecule is COc1cc(/C=C/c2ccc(C=[NH+]C(C)(C)C)cc2)ccc1O. The molecule has 0 aromatic heterocycles. The van der Waals surface area contributed by atoms with Gasteiger partial charge in [-0.3, -0.25) is 0 Å². The lowest BCUT2D eigenvalue weighted by atomic mass is 10.1. The van der Waals surface area contributed by atoms with Crippen molar-refractivity contribution in [1.82, 2.24) is 0 Å². The minimum absolute atomic E-state index is 0.0660. The molecule has 0 heterocycles. The molecular weight excluding hydrogens is 286 g/mol. The van der Waals surface area contributed by atoms with E-state index >= 15 is 0 Å². The number of rotatable bonds is 4. The smallest absolute Gasteiger partial charge is 0.169 e. The lowest BCUT2D eigenvalue weighted by molar-refractivity contribution is -0.533. The summed E-state index contributed by atoms with van der Waals surface area (Å²) in [5.41, 5.74) is 3.30. The van der Waals surface area contributed by atoms with Gasteiger partial charge in [-0.05, 0) is 56.2 Å². The molecule has 0 atom stereocenters. The molecule has 3 heteroatoms. The van der Waals surface area contributed by atoms with Crippen LogP contribution < -0.4 is 9.73 Å². The second-order valence-electron chi connectivity index (χ2n) is 6.47. The van der Waals surface area contributed by atoms with Gasteiger partial charge in [0.1, 0.15) is 0 Å². The first-order chi connectivity index (χ1) is 10.9. The van der Waals surface area contributed by atoms with Crippen LogP contribution in [0.25, 0.3) is 12.2 Å². The van der Waals surface area contributed by atoms with Crippen LogP contribution >= 0.6 is 0 Å². The maximum absolute atomic E-state index is 9.60. The molecule has 23 heavy (non-hydrogen) atoms. The van der Waals surface area contributed by atoms with Crippen molar-refractivity contribution in [2.75, 3.05) is 7.11 Å². The molecule has 0 aliphatic carbocycles. The predicted octanol–water partition coefficient (Wildman–Crippen LogP) is 2.87. The zero-order valence-electron chi connectivity index (χ0n) is 14.1. The molecular formula is C20H24NO2+. The Morgan fingerprint density at radius 3 is 2.09 bits per heavy atom. The first-order valence-electron chi connectivity index (χ1n) is 7.63. The monoisotopic (exact) mass is 310 g/mol. The minimum atomic E-state index is 0.0660. The fourth-order valence-electron chi connectivity index (χ4n) is 1.99. The second-order valence-corrected chi connectivity index (χ2v) is 6.47. The third-order valence-corrected chi connectivity index (χ3v) is 3.28. The topological polar surface area (TPSA) is 43.4 Å². The van der Waals surface area contributed by atoms with Crippen molar-refractivity contribution in [1.29, 1.82) is 0 Å². The van der Waals surface area contributed by atoms with Crippen LogP contribution in [0, 0.1) is 0 Å². The standard InChI is InChI=1S/C20H23NO2/c1-20(2,3)21-14-17-9-6-15(7-10-17)5-8-16-11-12-18(22)19(13-16)23-4/h5-14,22H,1-4H3/p+1/b8-5+,21-14?. The lowest BCUT2D eigenvalue weighted by Gasteiger charge is -2.04. The van der Waals surface area contributed by atoms with Gasteiger partial charge in [0.25, 0.3) is 0 Å². The Morgan fingerprint density at radius 2 is 1.48 bits per heavy atom. The summed E-state index contributed by atoms with van der Waals surface area (Å²) in [5, 5.41) is 9.60. The maximum atomic E-state index is 9.60. The van der Waals surface area contributed by atoms with Gasteiger partial charge in [0.05, 0.1) is 7.11 Å². The Bertz CT molecular complexity index is 707. The largest absolute Gasteiger partial charge is 0.504 e. The molecule has 2 aromatic carbocycles. The number of phenols is 1. The van der Waals surface area contributed by atoms with E-state index in [2.05, 4.69) is 50.0 Å². The highest BCUT2D eigenvalue weighted by molar-refractivity contribution is 5.77.